The van der Waals surface area contributed by atoms with Crippen LogP contribution in [0.1, 0.15) is 19.4 Å². The van der Waals surface area contributed by atoms with Crippen LogP contribution in [0.5, 0.6) is 11.5 Å². The molecule has 2 aromatic carbocycles. The number of carbonyl (C=O) groups excluding carboxylic acids is 2. The molecule has 2 rings (SSSR count). The number of hydrogen-bond acceptors (Lipinski definition) is 6. The smallest absolute Gasteiger partial charge is 0.347 e. The highest BCUT2D eigenvalue weighted by atomic mass is 35.5. The summed E-state index contributed by atoms with van der Waals surface area (Å²) in [6.07, 6.45) is -1.96. The van der Waals surface area contributed by atoms with Crippen molar-refractivity contribution >= 4 is 29.2 Å². The number of methoxy groups -OCH3 is 1. The second-order valence-corrected chi connectivity index (χ2v) is 6.22. The van der Waals surface area contributed by atoms with Gasteiger partial charge in [-0.15, -0.1) is 0 Å². The molecule has 146 valence electrons. The van der Waals surface area contributed by atoms with Gasteiger partial charge in [0, 0.05) is 5.69 Å². The SMILES string of the molecule is COc1ccc(OC(C)C(=O)OC(C)C(=O)Nc2ccc(C#N)c(Cl)c2)cc1. The first kappa shape index (κ1) is 21.1. The highest BCUT2D eigenvalue weighted by molar-refractivity contribution is 6.32. The minimum atomic E-state index is -1.05. The Morgan fingerprint density at radius 2 is 1.71 bits per heavy atom. The fourth-order valence-electron chi connectivity index (χ4n) is 2.16. The molecule has 0 saturated carbocycles. The van der Waals surface area contributed by atoms with Crippen molar-refractivity contribution in [3.05, 3.63) is 53.1 Å². The Hall–Kier alpha value is -3.24. The van der Waals surface area contributed by atoms with Crippen molar-refractivity contribution in [3.8, 4) is 17.6 Å². The van der Waals surface area contributed by atoms with E-state index in [9.17, 15) is 9.59 Å². The van der Waals surface area contributed by atoms with Crippen molar-refractivity contribution in [3.63, 3.8) is 0 Å². The molecule has 0 aliphatic rings. The van der Waals surface area contributed by atoms with Crippen LogP contribution in [0.3, 0.4) is 0 Å². The number of ether oxygens (including phenoxy) is 3. The molecule has 0 fully saturated rings. The van der Waals surface area contributed by atoms with Crippen LogP contribution in [0, 0.1) is 11.3 Å². The van der Waals surface area contributed by atoms with Gasteiger partial charge in [-0.2, -0.15) is 5.26 Å². The maximum Gasteiger partial charge on any atom is 0.347 e. The Balaban J connectivity index is 1.90. The van der Waals surface area contributed by atoms with Crippen molar-refractivity contribution < 1.29 is 23.8 Å². The van der Waals surface area contributed by atoms with E-state index in [0.29, 0.717) is 22.7 Å². The maximum atomic E-state index is 12.2. The molecule has 0 aliphatic carbocycles. The molecule has 0 bridgehead atoms. The second-order valence-electron chi connectivity index (χ2n) is 5.81. The minimum Gasteiger partial charge on any atom is -0.497 e. The number of anilines is 1. The zero-order valence-electron chi connectivity index (χ0n) is 15.6. The average molecular weight is 403 g/mol. The molecule has 2 atom stereocenters. The summed E-state index contributed by atoms with van der Waals surface area (Å²) in [5.41, 5.74) is 0.683. The Kier molecular flexibility index (Phi) is 7.24. The van der Waals surface area contributed by atoms with Crippen molar-refractivity contribution in [2.75, 3.05) is 12.4 Å². The summed E-state index contributed by atoms with van der Waals surface area (Å²) in [4.78, 5) is 24.4. The molecule has 0 aliphatic heterocycles. The van der Waals surface area contributed by atoms with Gasteiger partial charge in [-0.3, -0.25) is 4.79 Å². The number of carbonyl (C=O) groups is 2. The number of esters is 1. The van der Waals surface area contributed by atoms with Crippen LogP contribution in [0.2, 0.25) is 5.02 Å². The van der Waals surface area contributed by atoms with E-state index >= 15 is 0 Å². The zero-order chi connectivity index (χ0) is 20.7. The first-order chi connectivity index (χ1) is 13.3. The normalized spacial score (nSPS) is 12.2. The van der Waals surface area contributed by atoms with Crippen LogP contribution in [-0.2, 0) is 14.3 Å². The molecular weight excluding hydrogens is 384 g/mol. The largest absolute Gasteiger partial charge is 0.497 e. The number of halogens is 1. The van der Waals surface area contributed by atoms with Crippen molar-refractivity contribution in [2.24, 2.45) is 0 Å². The van der Waals surface area contributed by atoms with Gasteiger partial charge in [-0.25, -0.2) is 4.79 Å². The van der Waals surface area contributed by atoms with Crippen LogP contribution in [-0.4, -0.2) is 31.2 Å². The average Bonchev–Trinajstić information content (AvgIpc) is 2.68. The quantitative estimate of drug-likeness (QED) is 0.711. The van der Waals surface area contributed by atoms with Gasteiger partial charge in [-0.1, -0.05) is 11.6 Å². The van der Waals surface area contributed by atoms with Gasteiger partial charge in [-0.05, 0) is 56.3 Å². The van der Waals surface area contributed by atoms with Gasteiger partial charge in [0.05, 0.1) is 17.7 Å². The van der Waals surface area contributed by atoms with E-state index in [2.05, 4.69) is 5.32 Å². The standard InChI is InChI=1S/C20H19ClN2O5/c1-12(19(24)23-15-5-4-14(11-22)18(21)10-15)28-20(25)13(2)27-17-8-6-16(26-3)7-9-17/h4-10,12-13H,1-3H3,(H,23,24). The molecular formula is C20H19ClN2O5. The van der Waals surface area contributed by atoms with Crippen molar-refractivity contribution in [2.45, 2.75) is 26.1 Å². The van der Waals surface area contributed by atoms with Gasteiger partial charge in [0.15, 0.2) is 12.2 Å². The number of nitrogens with one attached hydrogen (secondary N) is 1. The van der Waals surface area contributed by atoms with Crippen LogP contribution in [0.25, 0.3) is 0 Å². The van der Waals surface area contributed by atoms with Gasteiger partial charge < -0.3 is 19.5 Å². The zero-order valence-corrected chi connectivity index (χ0v) is 16.3. The summed E-state index contributed by atoms with van der Waals surface area (Å²) in [6.45, 7) is 2.97. The first-order valence-electron chi connectivity index (χ1n) is 8.35. The molecule has 0 heterocycles. The summed E-state index contributed by atoms with van der Waals surface area (Å²) in [7, 11) is 1.55. The summed E-state index contributed by atoms with van der Waals surface area (Å²) >= 11 is 5.93. The lowest BCUT2D eigenvalue weighted by Gasteiger charge is -2.18. The second kappa shape index (κ2) is 9.62. The lowest BCUT2D eigenvalue weighted by Crippen LogP contribution is -2.35. The minimum absolute atomic E-state index is 0.214. The van der Waals surface area contributed by atoms with Crippen molar-refractivity contribution in [1.82, 2.24) is 0 Å². The monoisotopic (exact) mass is 402 g/mol. The number of hydrogen-bond donors (Lipinski definition) is 1. The van der Waals surface area contributed by atoms with E-state index in [0.717, 1.165) is 0 Å². The Morgan fingerprint density at radius 3 is 2.29 bits per heavy atom. The van der Waals surface area contributed by atoms with E-state index in [1.807, 2.05) is 6.07 Å². The third-order valence-electron chi connectivity index (χ3n) is 3.72. The van der Waals surface area contributed by atoms with E-state index < -0.39 is 24.1 Å². The highest BCUT2D eigenvalue weighted by Crippen LogP contribution is 2.21. The topological polar surface area (TPSA) is 97.7 Å². The Labute approximate surface area is 167 Å². The van der Waals surface area contributed by atoms with E-state index in [1.54, 1.807) is 31.4 Å². The van der Waals surface area contributed by atoms with Crippen LogP contribution in [0.15, 0.2) is 42.5 Å². The number of amides is 1. The molecule has 8 heteroatoms. The number of rotatable bonds is 7. The van der Waals surface area contributed by atoms with Crippen LogP contribution in [0.4, 0.5) is 5.69 Å². The fraction of sp³-hybridized carbons (Fsp3) is 0.250. The third-order valence-corrected chi connectivity index (χ3v) is 4.04. The van der Waals surface area contributed by atoms with E-state index in [-0.39, 0.29) is 5.02 Å². The molecule has 2 unspecified atom stereocenters. The molecule has 1 amide bonds. The number of nitriles is 1. The molecule has 0 saturated heterocycles. The lowest BCUT2D eigenvalue weighted by molar-refractivity contribution is -0.159. The van der Waals surface area contributed by atoms with Gasteiger partial charge in [0.1, 0.15) is 17.6 Å². The molecule has 7 nitrogen and oxygen atoms in total. The van der Waals surface area contributed by atoms with Crippen LogP contribution >= 0.6 is 11.6 Å². The Morgan fingerprint density at radius 1 is 1.07 bits per heavy atom. The molecule has 0 aromatic heterocycles. The molecule has 2 aromatic rings. The summed E-state index contributed by atoms with van der Waals surface area (Å²) in [5.74, 6) is -0.0903. The van der Waals surface area contributed by atoms with Crippen molar-refractivity contribution in [1.29, 1.82) is 5.26 Å². The van der Waals surface area contributed by atoms with Gasteiger partial charge in [0.25, 0.3) is 5.91 Å². The summed E-state index contributed by atoms with van der Waals surface area (Å²) in [5, 5.41) is 11.7. The lowest BCUT2D eigenvalue weighted by atomic mass is 10.2. The maximum absolute atomic E-state index is 12.2. The predicted molar refractivity (Wildman–Crippen MR) is 103 cm³/mol. The summed E-state index contributed by atoms with van der Waals surface area (Å²) < 4.78 is 15.7. The Bertz CT molecular complexity index is 892. The fourth-order valence-corrected chi connectivity index (χ4v) is 2.38. The molecule has 0 radical (unpaired) electrons. The number of nitrogens with zero attached hydrogens (tertiary/aromatic N) is 1. The highest BCUT2D eigenvalue weighted by Gasteiger charge is 2.23. The number of benzene rings is 2. The first-order valence-corrected chi connectivity index (χ1v) is 8.73. The van der Waals surface area contributed by atoms with E-state index in [4.69, 9.17) is 31.1 Å². The third kappa shape index (κ3) is 5.63. The summed E-state index contributed by atoms with van der Waals surface area (Å²) in [6, 6.07) is 13.1. The predicted octanol–water partition coefficient (Wildman–Crippen LogP) is 3.56. The van der Waals surface area contributed by atoms with Gasteiger partial charge in [0.2, 0.25) is 0 Å². The molecule has 1 N–H and O–H groups in total. The van der Waals surface area contributed by atoms with E-state index in [1.165, 1.54) is 32.0 Å². The molecule has 28 heavy (non-hydrogen) atoms. The van der Waals surface area contributed by atoms with Crippen LogP contribution < -0.4 is 14.8 Å². The van der Waals surface area contributed by atoms with Gasteiger partial charge >= 0.3 is 5.97 Å². The molecule has 0 spiro atoms.